The highest BCUT2D eigenvalue weighted by Crippen LogP contribution is 2.36. The fourth-order valence-electron chi connectivity index (χ4n) is 3.51. The lowest BCUT2D eigenvalue weighted by molar-refractivity contribution is -0.114. The summed E-state index contributed by atoms with van der Waals surface area (Å²) in [6.45, 7) is 6.98. The zero-order chi connectivity index (χ0) is 19.8. The Morgan fingerprint density at radius 1 is 1.00 bits per heavy atom. The maximum absolute atomic E-state index is 10.7. The van der Waals surface area contributed by atoms with Crippen LogP contribution in [0, 0.1) is 0 Å². The van der Waals surface area contributed by atoms with E-state index in [-0.39, 0.29) is 24.4 Å². The number of aliphatic hydroxyl groups is 1. The molecule has 0 aliphatic carbocycles. The first-order valence-electron chi connectivity index (χ1n) is 9.37. The molecule has 27 heavy (non-hydrogen) atoms. The molecule has 0 unspecified atom stereocenters. The molecule has 0 fully saturated rings. The largest absolute Gasteiger partial charge is 0.405 e. The van der Waals surface area contributed by atoms with E-state index in [9.17, 15) is 9.90 Å². The second-order valence-corrected chi connectivity index (χ2v) is 11.9. The minimum absolute atomic E-state index is 0.00632. The summed E-state index contributed by atoms with van der Waals surface area (Å²) in [4.78, 5) is 10.7. The van der Waals surface area contributed by atoms with Crippen LogP contribution in [-0.2, 0) is 14.0 Å². The van der Waals surface area contributed by atoms with Crippen LogP contribution < -0.4 is 10.4 Å². The molecule has 2 rings (SSSR count). The number of ether oxygens (including phenoxy) is 1. The third-order valence-corrected chi connectivity index (χ3v) is 9.76. The van der Waals surface area contributed by atoms with Gasteiger partial charge < -0.3 is 19.1 Å². The van der Waals surface area contributed by atoms with Crippen molar-refractivity contribution in [3.8, 4) is 0 Å². The average molecular weight is 387 g/mol. The highest BCUT2D eigenvalue weighted by molar-refractivity contribution is 6.99. The topological polar surface area (TPSA) is 55.8 Å². The lowest BCUT2D eigenvalue weighted by Crippen LogP contribution is -2.67. The molecule has 1 N–H and O–H groups in total. The van der Waals surface area contributed by atoms with Gasteiger partial charge in [0.05, 0.1) is 12.7 Å². The number of rotatable bonds is 10. The lowest BCUT2D eigenvalue weighted by atomic mass is 10.2. The van der Waals surface area contributed by atoms with Gasteiger partial charge in [0.2, 0.25) is 0 Å². The minimum Gasteiger partial charge on any atom is -0.405 e. The summed E-state index contributed by atoms with van der Waals surface area (Å²) in [5.41, 5.74) is 0. The van der Waals surface area contributed by atoms with Crippen molar-refractivity contribution in [2.24, 2.45) is 0 Å². The second-order valence-electron chi connectivity index (χ2n) is 7.61. The van der Waals surface area contributed by atoms with Crippen molar-refractivity contribution >= 4 is 25.0 Å². The number of aliphatic hydroxyl groups excluding tert-OH is 1. The van der Waals surface area contributed by atoms with E-state index in [2.05, 4.69) is 45.0 Å². The van der Waals surface area contributed by atoms with Crippen molar-refractivity contribution < 1.29 is 19.1 Å². The Morgan fingerprint density at radius 2 is 1.52 bits per heavy atom. The molecule has 2 aromatic carbocycles. The summed E-state index contributed by atoms with van der Waals surface area (Å²) < 4.78 is 12.3. The second kappa shape index (κ2) is 9.94. The molecule has 0 aliphatic heterocycles. The van der Waals surface area contributed by atoms with E-state index in [4.69, 9.17) is 9.16 Å². The van der Waals surface area contributed by atoms with Gasteiger partial charge in [0.1, 0.15) is 12.9 Å². The predicted molar refractivity (Wildman–Crippen MR) is 111 cm³/mol. The summed E-state index contributed by atoms with van der Waals surface area (Å²) in [5, 5.41) is 11.6. The molecular formula is C22H30O4Si. The van der Waals surface area contributed by atoms with Crippen LogP contribution >= 0.6 is 0 Å². The number of hydrogen-bond acceptors (Lipinski definition) is 4. The first-order valence-corrected chi connectivity index (χ1v) is 11.3. The van der Waals surface area contributed by atoms with Crippen LogP contribution in [-0.4, -0.2) is 45.6 Å². The van der Waals surface area contributed by atoms with Crippen LogP contribution in [0.4, 0.5) is 0 Å². The third-order valence-electron chi connectivity index (χ3n) is 4.75. The molecule has 0 amide bonds. The Hall–Kier alpha value is -1.79. The zero-order valence-electron chi connectivity index (χ0n) is 16.4. The first kappa shape index (κ1) is 21.5. The SMILES string of the molecule is CC(C)(C)[Si](OC[C@H](CCO)OCC=O)(c1ccccc1)c1ccccc1. The molecule has 4 nitrogen and oxygen atoms in total. The van der Waals surface area contributed by atoms with E-state index in [1.54, 1.807) is 0 Å². The quantitative estimate of drug-likeness (QED) is 0.504. The molecule has 1 atom stereocenters. The van der Waals surface area contributed by atoms with Gasteiger partial charge in [0.25, 0.3) is 8.32 Å². The van der Waals surface area contributed by atoms with Crippen molar-refractivity contribution in [3.63, 3.8) is 0 Å². The maximum Gasteiger partial charge on any atom is 0.261 e. The van der Waals surface area contributed by atoms with Crippen LogP contribution in [0.2, 0.25) is 5.04 Å². The van der Waals surface area contributed by atoms with E-state index in [0.29, 0.717) is 13.0 Å². The van der Waals surface area contributed by atoms with Gasteiger partial charge >= 0.3 is 0 Å². The van der Waals surface area contributed by atoms with Gasteiger partial charge in [-0.15, -0.1) is 0 Å². The molecule has 0 saturated carbocycles. The van der Waals surface area contributed by atoms with Crippen molar-refractivity contribution in [2.45, 2.75) is 38.3 Å². The van der Waals surface area contributed by atoms with Crippen molar-refractivity contribution in [2.75, 3.05) is 19.8 Å². The summed E-state index contributed by atoms with van der Waals surface area (Å²) in [5.74, 6) is 0. The smallest absolute Gasteiger partial charge is 0.261 e. The van der Waals surface area contributed by atoms with E-state index in [0.717, 1.165) is 6.29 Å². The van der Waals surface area contributed by atoms with E-state index >= 15 is 0 Å². The molecule has 0 spiro atoms. The molecule has 0 bridgehead atoms. The standard InChI is InChI=1S/C22H30O4Si/c1-22(2,3)27(20-10-6-4-7-11-20,21-12-8-5-9-13-21)26-18-19(14-15-23)25-17-16-24/h4-13,16,19,23H,14-15,17-18H2,1-3H3/t19-/m0/s1. The zero-order valence-corrected chi connectivity index (χ0v) is 17.4. The van der Waals surface area contributed by atoms with Crippen LogP contribution in [0.25, 0.3) is 0 Å². The van der Waals surface area contributed by atoms with Gasteiger partial charge in [-0.25, -0.2) is 0 Å². The van der Waals surface area contributed by atoms with Crippen molar-refractivity contribution in [1.82, 2.24) is 0 Å². The van der Waals surface area contributed by atoms with Gasteiger partial charge in [0.15, 0.2) is 0 Å². The summed E-state index contributed by atoms with van der Waals surface area (Å²) in [7, 11) is -2.63. The van der Waals surface area contributed by atoms with Crippen molar-refractivity contribution in [1.29, 1.82) is 0 Å². The highest BCUT2D eigenvalue weighted by atomic mass is 28.4. The van der Waals surface area contributed by atoms with E-state index < -0.39 is 8.32 Å². The Morgan fingerprint density at radius 3 is 1.93 bits per heavy atom. The predicted octanol–water partition coefficient (Wildman–Crippen LogP) is 2.53. The molecule has 146 valence electrons. The van der Waals surface area contributed by atoms with Gasteiger partial charge in [-0.1, -0.05) is 81.4 Å². The maximum atomic E-state index is 10.7. The molecule has 2 aromatic rings. The lowest BCUT2D eigenvalue weighted by Gasteiger charge is -2.43. The van der Waals surface area contributed by atoms with Crippen molar-refractivity contribution in [3.05, 3.63) is 60.7 Å². The first-order chi connectivity index (χ1) is 13.0. The van der Waals surface area contributed by atoms with Crippen LogP contribution in [0.15, 0.2) is 60.7 Å². The molecule has 0 aromatic heterocycles. The Balaban J connectivity index is 2.47. The van der Waals surface area contributed by atoms with Crippen LogP contribution in [0.3, 0.4) is 0 Å². The fraction of sp³-hybridized carbons (Fsp3) is 0.409. The minimum atomic E-state index is -2.63. The summed E-state index contributed by atoms with van der Waals surface area (Å²) in [6, 6.07) is 20.8. The number of benzene rings is 2. The fourth-order valence-corrected chi connectivity index (χ4v) is 8.11. The van der Waals surface area contributed by atoms with E-state index in [1.807, 2.05) is 36.4 Å². The molecule has 0 aliphatic rings. The number of aldehydes is 1. The molecule has 0 heterocycles. The van der Waals surface area contributed by atoms with Gasteiger partial charge in [-0.2, -0.15) is 0 Å². The number of carbonyl (C=O) groups is 1. The monoisotopic (exact) mass is 386 g/mol. The van der Waals surface area contributed by atoms with Crippen LogP contribution in [0.5, 0.6) is 0 Å². The molecular weight excluding hydrogens is 356 g/mol. The Kier molecular flexibility index (Phi) is 7.92. The summed E-state index contributed by atoms with van der Waals surface area (Å²) in [6.07, 6.45) is 0.848. The number of carbonyl (C=O) groups excluding carboxylic acids is 1. The molecule has 0 radical (unpaired) electrons. The molecule has 0 saturated heterocycles. The third kappa shape index (κ3) is 5.14. The van der Waals surface area contributed by atoms with Gasteiger partial charge in [-0.05, 0) is 21.8 Å². The normalized spacial score (nSPS) is 13.3. The Labute approximate surface area is 163 Å². The Bertz CT molecular complexity index is 643. The average Bonchev–Trinajstić information content (AvgIpc) is 2.67. The number of hydrogen-bond donors (Lipinski definition) is 1. The van der Waals surface area contributed by atoms with E-state index in [1.165, 1.54) is 10.4 Å². The van der Waals surface area contributed by atoms with Crippen LogP contribution in [0.1, 0.15) is 27.2 Å². The van der Waals surface area contributed by atoms with Gasteiger partial charge in [0, 0.05) is 6.61 Å². The summed E-state index contributed by atoms with van der Waals surface area (Å²) >= 11 is 0. The highest BCUT2D eigenvalue weighted by Gasteiger charge is 2.50. The molecule has 5 heteroatoms. The van der Waals surface area contributed by atoms with Gasteiger partial charge in [-0.3, -0.25) is 0 Å².